The summed E-state index contributed by atoms with van der Waals surface area (Å²) >= 11 is 13.2. The van der Waals surface area contributed by atoms with E-state index in [1.165, 1.54) is 10.6 Å². The van der Waals surface area contributed by atoms with Gasteiger partial charge >= 0.3 is 0 Å². The van der Waals surface area contributed by atoms with Crippen LogP contribution in [0.15, 0.2) is 84.9 Å². The van der Waals surface area contributed by atoms with Crippen LogP contribution < -0.4 is 25.4 Å². The van der Waals surface area contributed by atoms with Crippen LogP contribution in [0.1, 0.15) is 5.56 Å². The van der Waals surface area contributed by atoms with Crippen LogP contribution in [0.3, 0.4) is 0 Å². The van der Waals surface area contributed by atoms with Gasteiger partial charge in [-0.2, -0.15) is 0 Å². The zero-order chi connectivity index (χ0) is 22.7. The lowest BCUT2D eigenvalue weighted by Crippen LogP contribution is -2.23. The standard InChI is InChI=1S/C27H23Cl2O2P/c1-18-14-15-21(28)26(30-2)24(18)25-23(17-16-22(29)27(25)31-3)32(19-10-6-4-7-11-19)20-12-8-5-9-13-20/h4-17H,1-3H3. The third-order valence-electron chi connectivity index (χ3n) is 5.33. The van der Waals surface area contributed by atoms with Gasteiger partial charge in [-0.3, -0.25) is 0 Å². The van der Waals surface area contributed by atoms with E-state index in [0.29, 0.717) is 21.5 Å². The number of ether oxygens (including phenoxy) is 2. The molecule has 0 N–H and O–H groups in total. The van der Waals surface area contributed by atoms with Crippen molar-refractivity contribution in [3.05, 3.63) is 101 Å². The maximum Gasteiger partial charge on any atom is 0.146 e. The number of methoxy groups -OCH3 is 2. The Morgan fingerprint density at radius 1 is 0.594 bits per heavy atom. The van der Waals surface area contributed by atoms with Crippen LogP contribution in [-0.4, -0.2) is 14.2 Å². The lowest BCUT2D eigenvalue weighted by molar-refractivity contribution is 0.410. The molecule has 0 fully saturated rings. The summed E-state index contributed by atoms with van der Waals surface area (Å²) in [6, 6.07) is 28.9. The molecule has 4 rings (SSSR count). The molecule has 162 valence electrons. The summed E-state index contributed by atoms with van der Waals surface area (Å²) in [5.74, 6) is 1.23. The van der Waals surface area contributed by atoms with Crippen LogP contribution in [0.5, 0.6) is 11.5 Å². The first-order valence-corrected chi connectivity index (χ1v) is 12.3. The minimum atomic E-state index is -0.901. The van der Waals surface area contributed by atoms with Gasteiger partial charge in [-0.25, -0.2) is 0 Å². The number of rotatable bonds is 6. The molecule has 0 atom stereocenters. The number of aryl methyl sites for hydroxylation is 1. The first-order valence-electron chi connectivity index (χ1n) is 10.2. The molecule has 0 saturated heterocycles. The first-order chi connectivity index (χ1) is 15.6. The van der Waals surface area contributed by atoms with Crippen molar-refractivity contribution in [2.24, 2.45) is 0 Å². The molecule has 0 spiro atoms. The van der Waals surface area contributed by atoms with Crippen molar-refractivity contribution in [3.8, 4) is 22.6 Å². The topological polar surface area (TPSA) is 18.5 Å². The molecule has 5 heteroatoms. The summed E-state index contributed by atoms with van der Waals surface area (Å²) in [4.78, 5) is 0. The van der Waals surface area contributed by atoms with Crippen LogP contribution in [0.25, 0.3) is 11.1 Å². The molecule has 0 radical (unpaired) electrons. The van der Waals surface area contributed by atoms with E-state index in [1.54, 1.807) is 14.2 Å². The van der Waals surface area contributed by atoms with Gasteiger partial charge in [-0.15, -0.1) is 0 Å². The second-order valence-corrected chi connectivity index (χ2v) is 10.3. The molecule has 0 bridgehead atoms. The van der Waals surface area contributed by atoms with Crippen LogP contribution in [0.4, 0.5) is 0 Å². The van der Waals surface area contributed by atoms with Gasteiger partial charge in [0.1, 0.15) is 11.5 Å². The van der Waals surface area contributed by atoms with Gasteiger partial charge in [-0.05, 0) is 48.5 Å². The molecule has 0 amide bonds. The van der Waals surface area contributed by atoms with Gasteiger partial charge in [-0.1, -0.05) is 96.0 Å². The van der Waals surface area contributed by atoms with E-state index in [9.17, 15) is 0 Å². The molecule has 0 aromatic heterocycles. The highest BCUT2D eigenvalue weighted by atomic mass is 35.5. The van der Waals surface area contributed by atoms with Gasteiger partial charge in [0.25, 0.3) is 0 Å². The fraction of sp³-hybridized carbons (Fsp3) is 0.111. The second-order valence-electron chi connectivity index (χ2n) is 7.25. The zero-order valence-electron chi connectivity index (χ0n) is 18.1. The Balaban J connectivity index is 2.12. The molecule has 4 aromatic carbocycles. The Labute approximate surface area is 200 Å². The Morgan fingerprint density at radius 2 is 1.06 bits per heavy atom. The summed E-state index contributed by atoms with van der Waals surface area (Å²) in [5.41, 5.74) is 2.84. The maximum atomic E-state index is 6.64. The lowest BCUT2D eigenvalue weighted by Gasteiger charge is -2.26. The molecule has 0 aliphatic rings. The monoisotopic (exact) mass is 480 g/mol. The molecule has 0 unspecified atom stereocenters. The highest BCUT2D eigenvalue weighted by Gasteiger charge is 2.27. The number of hydrogen-bond donors (Lipinski definition) is 0. The number of hydrogen-bond acceptors (Lipinski definition) is 2. The number of halogens is 2. The third-order valence-corrected chi connectivity index (χ3v) is 8.41. The van der Waals surface area contributed by atoms with E-state index in [4.69, 9.17) is 32.7 Å². The Hall–Kier alpha value is -2.51. The van der Waals surface area contributed by atoms with Crippen LogP contribution in [0.2, 0.25) is 10.0 Å². The predicted octanol–water partition coefficient (Wildman–Crippen LogP) is 6.74. The van der Waals surface area contributed by atoms with Crippen LogP contribution in [-0.2, 0) is 0 Å². The zero-order valence-corrected chi connectivity index (χ0v) is 20.5. The normalized spacial score (nSPS) is 10.9. The SMILES string of the molecule is COc1c(Cl)ccc(C)c1-c1c(P(c2ccccc2)c2ccccc2)ccc(Cl)c1OC. The van der Waals surface area contributed by atoms with Crippen molar-refractivity contribution >= 4 is 47.0 Å². The fourth-order valence-corrected chi connectivity index (χ4v) is 6.85. The lowest BCUT2D eigenvalue weighted by atomic mass is 9.98. The summed E-state index contributed by atoms with van der Waals surface area (Å²) in [7, 11) is 2.38. The van der Waals surface area contributed by atoms with Gasteiger partial charge in [0, 0.05) is 11.1 Å². The molecule has 0 saturated carbocycles. The van der Waals surface area contributed by atoms with E-state index < -0.39 is 7.92 Å². The molecule has 0 heterocycles. The Bertz CT molecular complexity index is 1190. The van der Waals surface area contributed by atoms with Crippen molar-refractivity contribution in [1.29, 1.82) is 0 Å². The van der Waals surface area contributed by atoms with Gasteiger partial charge in [0.15, 0.2) is 0 Å². The summed E-state index contributed by atoms with van der Waals surface area (Å²) < 4.78 is 11.6. The minimum Gasteiger partial charge on any atom is -0.495 e. The van der Waals surface area contributed by atoms with E-state index >= 15 is 0 Å². The van der Waals surface area contributed by atoms with E-state index in [2.05, 4.69) is 54.6 Å². The quantitative estimate of drug-likeness (QED) is 0.284. The smallest absolute Gasteiger partial charge is 0.146 e. The first kappa shape index (κ1) is 22.7. The largest absolute Gasteiger partial charge is 0.495 e. The molecule has 32 heavy (non-hydrogen) atoms. The molecular weight excluding hydrogens is 458 g/mol. The minimum absolute atomic E-state index is 0.545. The average Bonchev–Trinajstić information content (AvgIpc) is 2.82. The highest BCUT2D eigenvalue weighted by Crippen LogP contribution is 2.48. The summed E-state index contributed by atoms with van der Waals surface area (Å²) in [6.07, 6.45) is 0. The Morgan fingerprint density at radius 3 is 1.56 bits per heavy atom. The van der Waals surface area contributed by atoms with E-state index in [0.717, 1.165) is 22.0 Å². The number of benzene rings is 4. The van der Waals surface area contributed by atoms with Gasteiger partial charge in [0.05, 0.1) is 24.3 Å². The summed E-state index contributed by atoms with van der Waals surface area (Å²) in [6.45, 7) is 2.05. The maximum absolute atomic E-state index is 6.64. The van der Waals surface area contributed by atoms with Gasteiger partial charge < -0.3 is 9.47 Å². The van der Waals surface area contributed by atoms with Gasteiger partial charge in [0.2, 0.25) is 0 Å². The van der Waals surface area contributed by atoms with Crippen molar-refractivity contribution in [2.45, 2.75) is 6.92 Å². The fourth-order valence-electron chi connectivity index (χ4n) is 3.92. The summed E-state index contributed by atoms with van der Waals surface area (Å²) in [5, 5.41) is 4.69. The second kappa shape index (κ2) is 9.96. The molecule has 0 aliphatic carbocycles. The van der Waals surface area contributed by atoms with E-state index in [-0.39, 0.29) is 0 Å². The third kappa shape index (κ3) is 4.24. The van der Waals surface area contributed by atoms with Crippen molar-refractivity contribution in [3.63, 3.8) is 0 Å². The molecular formula is C27H23Cl2O2P. The Kier molecular flexibility index (Phi) is 7.06. The average molecular weight is 481 g/mol. The molecule has 0 aliphatic heterocycles. The van der Waals surface area contributed by atoms with Crippen LogP contribution in [0, 0.1) is 6.92 Å². The van der Waals surface area contributed by atoms with Crippen molar-refractivity contribution < 1.29 is 9.47 Å². The molecule has 4 aromatic rings. The molecule has 2 nitrogen and oxygen atoms in total. The predicted molar refractivity (Wildman–Crippen MR) is 138 cm³/mol. The van der Waals surface area contributed by atoms with E-state index in [1.807, 2.05) is 37.3 Å². The van der Waals surface area contributed by atoms with Crippen LogP contribution >= 0.6 is 31.1 Å². The van der Waals surface area contributed by atoms with Crippen molar-refractivity contribution in [2.75, 3.05) is 14.2 Å². The van der Waals surface area contributed by atoms with Crippen molar-refractivity contribution in [1.82, 2.24) is 0 Å². The highest BCUT2D eigenvalue weighted by molar-refractivity contribution is 7.80.